The lowest BCUT2D eigenvalue weighted by molar-refractivity contribution is -0.137. The predicted octanol–water partition coefficient (Wildman–Crippen LogP) is 1.05. The third-order valence-electron chi connectivity index (χ3n) is 3.88. The highest BCUT2D eigenvalue weighted by Gasteiger charge is 2.32. The zero-order chi connectivity index (χ0) is 17.0. The molecule has 6 nitrogen and oxygen atoms in total. The maximum absolute atomic E-state index is 12.4. The lowest BCUT2D eigenvalue weighted by atomic mass is 9.93. The number of hydrogen-bond acceptors (Lipinski definition) is 5. The highest BCUT2D eigenvalue weighted by molar-refractivity contribution is 6.30. The van der Waals surface area contributed by atoms with Gasteiger partial charge in [0.05, 0.1) is 31.9 Å². The zero-order valence-electron chi connectivity index (χ0n) is 13.6. The van der Waals surface area contributed by atoms with E-state index in [1.165, 1.54) is 0 Å². The lowest BCUT2D eigenvalue weighted by Gasteiger charge is -2.33. The summed E-state index contributed by atoms with van der Waals surface area (Å²) in [5.41, 5.74) is 0.180. The van der Waals surface area contributed by atoms with Crippen molar-refractivity contribution in [3.63, 3.8) is 0 Å². The van der Waals surface area contributed by atoms with Crippen LogP contribution in [0.3, 0.4) is 0 Å². The number of ether oxygens (including phenoxy) is 2. The van der Waals surface area contributed by atoms with Crippen molar-refractivity contribution in [1.29, 1.82) is 0 Å². The molecule has 1 amide bonds. The minimum absolute atomic E-state index is 0.0121. The summed E-state index contributed by atoms with van der Waals surface area (Å²) in [6.45, 7) is 4.44. The molecule has 0 spiro atoms. The summed E-state index contributed by atoms with van der Waals surface area (Å²) in [4.78, 5) is 12.4. The van der Waals surface area contributed by atoms with Crippen LogP contribution in [-0.2, 0) is 15.1 Å². The third-order valence-corrected chi connectivity index (χ3v) is 4.11. The molecule has 128 valence electrons. The Morgan fingerprint density at radius 1 is 1.57 bits per heavy atom. The topological polar surface area (TPSA) is 79.8 Å². The molecule has 0 aromatic heterocycles. The number of hydrogen-bond donors (Lipinski definition) is 3. The van der Waals surface area contributed by atoms with Crippen LogP contribution in [0.2, 0.25) is 5.02 Å². The first-order chi connectivity index (χ1) is 10.9. The number of amides is 1. The number of halogens is 1. The quantitative estimate of drug-likeness (QED) is 0.745. The monoisotopic (exact) mass is 342 g/mol. The molecular formula is C16H23ClN2O4. The largest absolute Gasteiger partial charge is 0.496 e. The molecule has 0 saturated carbocycles. The first-order valence-electron chi connectivity index (χ1n) is 7.49. The Morgan fingerprint density at radius 3 is 2.87 bits per heavy atom. The van der Waals surface area contributed by atoms with Crippen molar-refractivity contribution < 1.29 is 19.4 Å². The van der Waals surface area contributed by atoms with Crippen molar-refractivity contribution in [2.24, 2.45) is 0 Å². The minimum atomic E-state index is -0.649. The van der Waals surface area contributed by atoms with Crippen molar-refractivity contribution in [2.45, 2.75) is 31.5 Å². The van der Waals surface area contributed by atoms with E-state index in [0.717, 1.165) is 5.56 Å². The molecule has 1 fully saturated rings. The number of aliphatic hydroxyl groups excluding tert-OH is 1. The molecule has 1 aliphatic rings. The molecule has 0 radical (unpaired) electrons. The number of carbonyl (C=O) groups excluding carboxylic acids is 1. The van der Waals surface area contributed by atoms with Crippen molar-refractivity contribution in [2.75, 3.05) is 26.9 Å². The predicted molar refractivity (Wildman–Crippen MR) is 87.8 cm³/mol. The molecule has 0 aliphatic carbocycles. The maximum Gasteiger partial charge on any atom is 0.251 e. The average Bonchev–Trinajstić information content (AvgIpc) is 2.54. The third kappa shape index (κ3) is 4.35. The van der Waals surface area contributed by atoms with Crippen molar-refractivity contribution in [3.05, 3.63) is 28.8 Å². The highest BCUT2D eigenvalue weighted by atomic mass is 35.5. The number of morpholine rings is 1. The number of carbonyl (C=O) groups is 1. The van der Waals surface area contributed by atoms with Gasteiger partial charge in [0.25, 0.3) is 5.91 Å². The van der Waals surface area contributed by atoms with Crippen LogP contribution in [0.5, 0.6) is 5.75 Å². The summed E-state index contributed by atoms with van der Waals surface area (Å²) in [5.74, 6) is 0.404. The first kappa shape index (κ1) is 18.0. The van der Waals surface area contributed by atoms with E-state index in [2.05, 4.69) is 10.6 Å². The van der Waals surface area contributed by atoms with Crippen LogP contribution in [-0.4, -0.2) is 50.0 Å². The van der Waals surface area contributed by atoms with Crippen LogP contribution in [0.15, 0.2) is 18.2 Å². The Hall–Kier alpha value is -1.34. The van der Waals surface area contributed by atoms with E-state index >= 15 is 0 Å². The van der Waals surface area contributed by atoms with Crippen LogP contribution in [0, 0.1) is 0 Å². The number of benzene rings is 1. The van der Waals surface area contributed by atoms with E-state index in [-0.39, 0.29) is 18.6 Å². The smallest absolute Gasteiger partial charge is 0.251 e. The van der Waals surface area contributed by atoms with E-state index in [1.807, 2.05) is 19.9 Å². The van der Waals surface area contributed by atoms with Gasteiger partial charge in [-0.3, -0.25) is 4.79 Å². The molecule has 2 rings (SSSR count). The van der Waals surface area contributed by atoms with Crippen LogP contribution in [0.25, 0.3) is 0 Å². The Labute approximate surface area is 141 Å². The number of nitrogens with one attached hydrogen (secondary N) is 2. The van der Waals surface area contributed by atoms with E-state index in [0.29, 0.717) is 23.9 Å². The molecule has 3 N–H and O–H groups in total. The molecule has 1 saturated heterocycles. The maximum atomic E-state index is 12.4. The molecule has 2 unspecified atom stereocenters. The molecule has 2 atom stereocenters. The van der Waals surface area contributed by atoms with Crippen molar-refractivity contribution in [3.8, 4) is 5.75 Å². The van der Waals surface area contributed by atoms with Crippen LogP contribution in [0.4, 0.5) is 0 Å². The highest BCUT2D eigenvalue weighted by Crippen LogP contribution is 2.32. The van der Waals surface area contributed by atoms with Gasteiger partial charge in [-0.1, -0.05) is 17.7 Å². The summed E-state index contributed by atoms with van der Waals surface area (Å²) in [6.07, 6.45) is -0.588. The van der Waals surface area contributed by atoms with Gasteiger partial charge in [0, 0.05) is 17.1 Å². The van der Waals surface area contributed by atoms with Gasteiger partial charge in [0.15, 0.2) is 0 Å². The minimum Gasteiger partial charge on any atom is -0.496 e. The molecule has 7 heteroatoms. The second-order valence-corrected chi connectivity index (χ2v) is 6.51. The lowest BCUT2D eigenvalue weighted by Crippen LogP contribution is -2.56. The zero-order valence-corrected chi connectivity index (χ0v) is 14.3. The van der Waals surface area contributed by atoms with E-state index in [1.54, 1.807) is 19.2 Å². The Kier molecular flexibility index (Phi) is 5.86. The Morgan fingerprint density at radius 2 is 2.30 bits per heavy atom. The van der Waals surface area contributed by atoms with Gasteiger partial charge >= 0.3 is 0 Å². The van der Waals surface area contributed by atoms with Gasteiger partial charge in [-0.05, 0) is 26.0 Å². The van der Waals surface area contributed by atoms with E-state index in [4.69, 9.17) is 26.2 Å². The van der Waals surface area contributed by atoms with Crippen LogP contribution >= 0.6 is 11.6 Å². The molecule has 1 aromatic carbocycles. The molecule has 0 bridgehead atoms. The van der Waals surface area contributed by atoms with Gasteiger partial charge < -0.3 is 25.2 Å². The number of aliphatic hydroxyl groups is 1. The Bertz CT molecular complexity index is 557. The second-order valence-electron chi connectivity index (χ2n) is 6.07. The number of methoxy groups -OCH3 is 1. The standard InChI is InChI=1S/C16H23ClN2O4/c1-16(2,12-5-4-10(17)6-13(12)22-3)19-15(21)14-7-18-11(8-20)9-23-14/h4-6,11,14,18,20H,7-9H2,1-3H3,(H,19,21). The number of rotatable bonds is 5. The summed E-state index contributed by atoms with van der Waals surface area (Å²) >= 11 is 5.98. The van der Waals surface area contributed by atoms with Crippen LogP contribution in [0.1, 0.15) is 19.4 Å². The SMILES string of the molecule is COc1cc(Cl)ccc1C(C)(C)NC(=O)C1CNC(CO)CO1. The van der Waals surface area contributed by atoms with Gasteiger partial charge in [-0.15, -0.1) is 0 Å². The fourth-order valence-corrected chi connectivity index (χ4v) is 2.71. The summed E-state index contributed by atoms with van der Waals surface area (Å²) in [5, 5.41) is 15.7. The van der Waals surface area contributed by atoms with Gasteiger partial charge in [0.2, 0.25) is 0 Å². The molecular weight excluding hydrogens is 320 g/mol. The summed E-state index contributed by atoms with van der Waals surface area (Å²) < 4.78 is 10.9. The van der Waals surface area contributed by atoms with Gasteiger partial charge in [-0.25, -0.2) is 0 Å². The van der Waals surface area contributed by atoms with Crippen molar-refractivity contribution in [1.82, 2.24) is 10.6 Å². The fourth-order valence-electron chi connectivity index (χ4n) is 2.55. The fraction of sp³-hybridized carbons (Fsp3) is 0.562. The normalized spacial score (nSPS) is 21.8. The van der Waals surface area contributed by atoms with Crippen LogP contribution < -0.4 is 15.4 Å². The van der Waals surface area contributed by atoms with Gasteiger partial charge in [-0.2, -0.15) is 0 Å². The summed E-state index contributed by atoms with van der Waals surface area (Å²) in [7, 11) is 1.57. The average molecular weight is 343 g/mol. The second kappa shape index (κ2) is 7.49. The summed E-state index contributed by atoms with van der Waals surface area (Å²) in [6, 6.07) is 5.19. The van der Waals surface area contributed by atoms with E-state index < -0.39 is 11.6 Å². The van der Waals surface area contributed by atoms with E-state index in [9.17, 15) is 4.79 Å². The van der Waals surface area contributed by atoms with Crippen molar-refractivity contribution >= 4 is 17.5 Å². The molecule has 1 aliphatic heterocycles. The Balaban J connectivity index is 2.07. The molecule has 1 aromatic rings. The first-order valence-corrected chi connectivity index (χ1v) is 7.87. The van der Waals surface area contributed by atoms with Gasteiger partial charge in [0.1, 0.15) is 11.9 Å². The molecule has 1 heterocycles. The molecule has 23 heavy (non-hydrogen) atoms.